The minimum Gasteiger partial charge on any atom is -0.456 e. The van der Waals surface area contributed by atoms with Crippen molar-refractivity contribution >= 4 is 17.7 Å². The highest BCUT2D eigenvalue weighted by Crippen LogP contribution is 2.54. The van der Waals surface area contributed by atoms with Crippen LogP contribution >= 0.6 is 0 Å². The quantitative estimate of drug-likeness (QED) is 0.355. The van der Waals surface area contributed by atoms with Crippen molar-refractivity contribution in [2.24, 2.45) is 0 Å². The lowest BCUT2D eigenvalue weighted by atomic mass is 9.76. The summed E-state index contributed by atoms with van der Waals surface area (Å²) in [4.78, 5) is 16.7. The standard InChI is InChI=1S/C29H34N2O3/c1-6-30(7-2)22-14-16-25-27(18-22)34-28-19-23(31(8-3)9-4)15-17-26(28)29(25,33-5)24-13-11-10-12-21(24)20-32/h10-20H,6-9H2,1-5H3. The Kier molecular flexibility index (Phi) is 6.94. The van der Waals surface area contributed by atoms with E-state index in [9.17, 15) is 4.79 Å². The van der Waals surface area contributed by atoms with Crippen molar-refractivity contribution in [3.8, 4) is 11.5 Å². The molecule has 0 saturated heterocycles. The Bertz CT molecular complexity index is 1100. The van der Waals surface area contributed by atoms with Gasteiger partial charge in [0.05, 0.1) is 0 Å². The predicted molar refractivity (Wildman–Crippen MR) is 139 cm³/mol. The maximum absolute atomic E-state index is 12.1. The first-order valence-corrected chi connectivity index (χ1v) is 12.1. The predicted octanol–water partition coefficient (Wildman–Crippen LogP) is 6.24. The zero-order chi connectivity index (χ0) is 24.3. The lowest BCUT2D eigenvalue weighted by Gasteiger charge is -2.41. The average Bonchev–Trinajstić information content (AvgIpc) is 2.88. The summed E-state index contributed by atoms with van der Waals surface area (Å²) in [5, 5.41) is 0. The molecule has 0 aromatic heterocycles. The lowest BCUT2D eigenvalue weighted by Crippen LogP contribution is -2.36. The van der Waals surface area contributed by atoms with Gasteiger partial charge >= 0.3 is 0 Å². The molecule has 178 valence electrons. The average molecular weight is 459 g/mol. The number of rotatable bonds is 9. The lowest BCUT2D eigenvalue weighted by molar-refractivity contribution is 0.0491. The van der Waals surface area contributed by atoms with Crippen LogP contribution in [-0.4, -0.2) is 39.6 Å². The maximum atomic E-state index is 12.1. The van der Waals surface area contributed by atoms with E-state index in [-0.39, 0.29) is 0 Å². The summed E-state index contributed by atoms with van der Waals surface area (Å²) >= 11 is 0. The SMILES string of the molecule is CCN(CC)c1ccc2c(c1)Oc1cc(N(CC)CC)ccc1C2(OC)c1ccccc1C=O. The molecular formula is C29H34N2O3. The van der Waals surface area contributed by atoms with Crippen LogP contribution in [0.1, 0.15) is 54.7 Å². The molecule has 1 heterocycles. The van der Waals surface area contributed by atoms with Crippen LogP contribution < -0.4 is 14.5 Å². The Morgan fingerprint density at radius 2 is 1.26 bits per heavy atom. The number of hydrogen-bond donors (Lipinski definition) is 0. The molecule has 1 aliphatic heterocycles. The number of ether oxygens (including phenoxy) is 2. The van der Waals surface area contributed by atoms with Gasteiger partial charge in [-0.25, -0.2) is 0 Å². The Labute approximate surface area is 202 Å². The van der Waals surface area contributed by atoms with E-state index in [1.807, 2.05) is 24.3 Å². The Balaban J connectivity index is 2.02. The van der Waals surface area contributed by atoms with Crippen molar-refractivity contribution < 1.29 is 14.3 Å². The number of fused-ring (bicyclic) bond motifs is 2. The van der Waals surface area contributed by atoms with Gasteiger partial charge in [-0.1, -0.05) is 24.3 Å². The van der Waals surface area contributed by atoms with E-state index in [4.69, 9.17) is 9.47 Å². The van der Waals surface area contributed by atoms with Crippen LogP contribution in [0.25, 0.3) is 0 Å². The highest BCUT2D eigenvalue weighted by Gasteiger charge is 2.45. The number of anilines is 2. The molecule has 34 heavy (non-hydrogen) atoms. The number of carbonyl (C=O) groups excluding carboxylic acids is 1. The molecule has 0 aliphatic carbocycles. The van der Waals surface area contributed by atoms with Crippen LogP contribution in [0.2, 0.25) is 0 Å². The summed E-state index contributed by atoms with van der Waals surface area (Å²) in [5.41, 5.74) is 4.42. The third-order valence-corrected chi connectivity index (χ3v) is 6.94. The number of aldehydes is 1. The van der Waals surface area contributed by atoms with E-state index >= 15 is 0 Å². The van der Waals surface area contributed by atoms with Crippen molar-refractivity contribution in [2.75, 3.05) is 43.1 Å². The number of hydrogen-bond acceptors (Lipinski definition) is 5. The monoisotopic (exact) mass is 458 g/mol. The molecule has 0 amide bonds. The van der Waals surface area contributed by atoms with E-state index < -0.39 is 5.60 Å². The molecule has 5 nitrogen and oxygen atoms in total. The van der Waals surface area contributed by atoms with Gasteiger partial charge in [0.1, 0.15) is 17.8 Å². The molecule has 4 rings (SSSR count). The normalized spacial score (nSPS) is 13.4. The van der Waals surface area contributed by atoms with Crippen molar-refractivity contribution in [1.82, 2.24) is 0 Å². The topological polar surface area (TPSA) is 42.0 Å². The summed E-state index contributed by atoms with van der Waals surface area (Å²) in [6.07, 6.45) is 0.902. The van der Waals surface area contributed by atoms with Crippen molar-refractivity contribution in [2.45, 2.75) is 33.3 Å². The third kappa shape index (κ3) is 3.74. The fourth-order valence-electron chi connectivity index (χ4n) is 5.15. The second-order valence-corrected chi connectivity index (χ2v) is 8.40. The molecule has 1 aliphatic rings. The Morgan fingerprint density at radius 3 is 1.71 bits per heavy atom. The van der Waals surface area contributed by atoms with Gasteiger partial charge in [0, 0.05) is 79.1 Å². The Morgan fingerprint density at radius 1 is 0.765 bits per heavy atom. The van der Waals surface area contributed by atoms with Gasteiger partial charge in [0.25, 0.3) is 0 Å². The van der Waals surface area contributed by atoms with Crippen LogP contribution in [0.3, 0.4) is 0 Å². The van der Waals surface area contributed by atoms with E-state index in [1.165, 1.54) is 0 Å². The highest BCUT2D eigenvalue weighted by atomic mass is 16.5. The minimum atomic E-state index is -0.968. The van der Waals surface area contributed by atoms with Gasteiger partial charge in [0.2, 0.25) is 0 Å². The zero-order valence-corrected chi connectivity index (χ0v) is 20.8. The number of nitrogens with zero attached hydrogens (tertiary/aromatic N) is 2. The zero-order valence-electron chi connectivity index (χ0n) is 20.8. The summed E-state index contributed by atoms with van der Waals surface area (Å²) in [6.45, 7) is 12.2. The van der Waals surface area contributed by atoms with Gasteiger partial charge in [-0.05, 0) is 52.0 Å². The molecule has 0 radical (unpaired) electrons. The van der Waals surface area contributed by atoms with Crippen LogP contribution in [-0.2, 0) is 10.3 Å². The molecule has 5 heteroatoms. The first-order valence-electron chi connectivity index (χ1n) is 12.1. The molecule has 0 saturated carbocycles. The summed E-state index contributed by atoms with van der Waals surface area (Å²) in [6, 6.07) is 20.2. The first kappa shape index (κ1) is 23.8. The van der Waals surface area contributed by atoms with Crippen molar-refractivity contribution in [1.29, 1.82) is 0 Å². The second-order valence-electron chi connectivity index (χ2n) is 8.40. The fraction of sp³-hybridized carbons (Fsp3) is 0.345. The Hall–Kier alpha value is -3.31. The van der Waals surface area contributed by atoms with Crippen LogP contribution in [0.5, 0.6) is 11.5 Å². The molecule has 3 aromatic carbocycles. The molecule has 0 bridgehead atoms. The van der Waals surface area contributed by atoms with E-state index in [0.717, 1.165) is 72.0 Å². The number of carbonyl (C=O) groups is 1. The highest BCUT2D eigenvalue weighted by molar-refractivity contribution is 5.80. The third-order valence-electron chi connectivity index (χ3n) is 6.94. The molecule has 0 fully saturated rings. The van der Waals surface area contributed by atoms with Crippen LogP contribution in [0.4, 0.5) is 11.4 Å². The van der Waals surface area contributed by atoms with Gasteiger partial charge in [-0.3, -0.25) is 4.79 Å². The van der Waals surface area contributed by atoms with Crippen LogP contribution in [0.15, 0.2) is 60.7 Å². The molecular weight excluding hydrogens is 424 g/mol. The second kappa shape index (κ2) is 9.90. The summed E-state index contributed by atoms with van der Waals surface area (Å²) in [5.74, 6) is 1.49. The smallest absolute Gasteiger partial charge is 0.151 e. The molecule has 0 unspecified atom stereocenters. The minimum absolute atomic E-state index is 0.601. The van der Waals surface area contributed by atoms with Gasteiger partial charge in [-0.2, -0.15) is 0 Å². The van der Waals surface area contributed by atoms with Crippen LogP contribution in [0, 0.1) is 0 Å². The molecule has 0 N–H and O–H groups in total. The van der Waals surface area contributed by atoms with E-state index in [2.05, 4.69) is 73.9 Å². The van der Waals surface area contributed by atoms with Gasteiger partial charge in [0.15, 0.2) is 5.60 Å². The van der Waals surface area contributed by atoms with Gasteiger partial charge < -0.3 is 19.3 Å². The number of methoxy groups -OCH3 is 1. The van der Waals surface area contributed by atoms with E-state index in [0.29, 0.717) is 5.56 Å². The maximum Gasteiger partial charge on any atom is 0.151 e. The van der Waals surface area contributed by atoms with Gasteiger partial charge in [-0.15, -0.1) is 0 Å². The first-order chi connectivity index (χ1) is 16.6. The number of benzene rings is 3. The molecule has 0 atom stereocenters. The largest absolute Gasteiger partial charge is 0.456 e. The summed E-state index contributed by atoms with van der Waals surface area (Å²) in [7, 11) is 1.71. The van der Waals surface area contributed by atoms with E-state index in [1.54, 1.807) is 7.11 Å². The molecule has 0 spiro atoms. The molecule has 3 aromatic rings. The van der Waals surface area contributed by atoms with Crippen molar-refractivity contribution in [3.63, 3.8) is 0 Å². The summed E-state index contributed by atoms with van der Waals surface area (Å²) < 4.78 is 13.0. The fourth-order valence-corrected chi connectivity index (χ4v) is 5.15. The van der Waals surface area contributed by atoms with Crippen molar-refractivity contribution in [3.05, 3.63) is 82.9 Å².